The van der Waals surface area contributed by atoms with Crippen molar-refractivity contribution in [1.29, 1.82) is 0 Å². The standard InChI is InChI=1S/C13H19NO2/c1-3-13(4-2,8-14)10-5-6-11-12(7-10)16-9-15-11/h5-7H,3-4,8-9,14H2,1-2H3. The molecular weight excluding hydrogens is 202 g/mol. The van der Waals surface area contributed by atoms with E-state index in [1.165, 1.54) is 5.56 Å². The molecule has 2 N–H and O–H groups in total. The summed E-state index contributed by atoms with van der Waals surface area (Å²) in [6, 6.07) is 6.16. The predicted molar refractivity (Wildman–Crippen MR) is 63.9 cm³/mol. The fourth-order valence-corrected chi connectivity index (χ4v) is 2.29. The van der Waals surface area contributed by atoms with Gasteiger partial charge in [-0.25, -0.2) is 0 Å². The van der Waals surface area contributed by atoms with Gasteiger partial charge in [0.15, 0.2) is 11.5 Å². The fourth-order valence-electron chi connectivity index (χ4n) is 2.29. The maximum Gasteiger partial charge on any atom is 0.231 e. The molecule has 0 radical (unpaired) electrons. The monoisotopic (exact) mass is 221 g/mol. The van der Waals surface area contributed by atoms with Crippen molar-refractivity contribution in [2.24, 2.45) is 5.73 Å². The molecular formula is C13H19NO2. The average molecular weight is 221 g/mol. The number of benzene rings is 1. The van der Waals surface area contributed by atoms with Gasteiger partial charge in [0, 0.05) is 12.0 Å². The first-order valence-corrected chi connectivity index (χ1v) is 5.86. The van der Waals surface area contributed by atoms with Gasteiger partial charge in [-0.1, -0.05) is 19.9 Å². The molecule has 0 bridgehead atoms. The lowest BCUT2D eigenvalue weighted by Crippen LogP contribution is -2.33. The minimum absolute atomic E-state index is 0.0704. The van der Waals surface area contributed by atoms with Gasteiger partial charge >= 0.3 is 0 Å². The number of ether oxygens (including phenoxy) is 2. The van der Waals surface area contributed by atoms with Crippen LogP contribution in [0.4, 0.5) is 0 Å². The van der Waals surface area contributed by atoms with Gasteiger partial charge in [0.1, 0.15) is 0 Å². The van der Waals surface area contributed by atoms with Gasteiger partial charge in [-0.2, -0.15) is 0 Å². The van der Waals surface area contributed by atoms with Crippen LogP contribution in [0.5, 0.6) is 11.5 Å². The van der Waals surface area contributed by atoms with Crippen molar-refractivity contribution in [3.8, 4) is 11.5 Å². The van der Waals surface area contributed by atoms with Crippen molar-refractivity contribution in [1.82, 2.24) is 0 Å². The molecule has 0 aliphatic carbocycles. The van der Waals surface area contributed by atoms with Crippen molar-refractivity contribution in [2.75, 3.05) is 13.3 Å². The minimum atomic E-state index is 0.0704. The summed E-state index contributed by atoms with van der Waals surface area (Å²) in [6.07, 6.45) is 2.08. The lowest BCUT2D eigenvalue weighted by molar-refractivity contribution is 0.174. The molecule has 1 aliphatic rings. The first kappa shape index (κ1) is 11.3. The van der Waals surface area contributed by atoms with Gasteiger partial charge in [-0.05, 0) is 30.5 Å². The van der Waals surface area contributed by atoms with Gasteiger partial charge in [-0.3, -0.25) is 0 Å². The molecule has 1 aromatic carbocycles. The minimum Gasteiger partial charge on any atom is -0.454 e. The lowest BCUT2D eigenvalue weighted by atomic mass is 9.76. The van der Waals surface area contributed by atoms with E-state index in [4.69, 9.17) is 15.2 Å². The van der Waals surface area contributed by atoms with Crippen molar-refractivity contribution >= 4 is 0 Å². The van der Waals surface area contributed by atoms with E-state index in [-0.39, 0.29) is 5.41 Å². The quantitative estimate of drug-likeness (QED) is 0.849. The topological polar surface area (TPSA) is 44.5 Å². The lowest BCUT2D eigenvalue weighted by Gasteiger charge is -2.30. The highest BCUT2D eigenvalue weighted by molar-refractivity contribution is 5.46. The van der Waals surface area contributed by atoms with Crippen LogP contribution >= 0.6 is 0 Å². The summed E-state index contributed by atoms with van der Waals surface area (Å²) in [5, 5.41) is 0. The van der Waals surface area contributed by atoms with Gasteiger partial charge in [0.25, 0.3) is 0 Å². The Hall–Kier alpha value is -1.22. The second kappa shape index (κ2) is 4.34. The van der Waals surface area contributed by atoms with Gasteiger partial charge < -0.3 is 15.2 Å². The molecule has 1 heterocycles. The molecule has 0 spiro atoms. The molecule has 0 fully saturated rings. The van der Waals surface area contributed by atoms with Crippen LogP contribution in [-0.4, -0.2) is 13.3 Å². The van der Waals surface area contributed by atoms with Gasteiger partial charge in [0.2, 0.25) is 6.79 Å². The Morgan fingerprint density at radius 2 is 1.88 bits per heavy atom. The fraction of sp³-hybridized carbons (Fsp3) is 0.538. The smallest absolute Gasteiger partial charge is 0.231 e. The zero-order chi connectivity index (χ0) is 11.6. The van der Waals surface area contributed by atoms with Crippen LogP contribution in [0.1, 0.15) is 32.3 Å². The third-order valence-corrected chi connectivity index (χ3v) is 3.73. The van der Waals surface area contributed by atoms with Crippen LogP contribution in [0, 0.1) is 0 Å². The summed E-state index contributed by atoms with van der Waals surface area (Å²) in [5.74, 6) is 1.68. The summed E-state index contributed by atoms with van der Waals surface area (Å²) in [5.41, 5.74) is 7.26. The highest BCUT2D eigenvalue weighted by atomic mass is 16.7. The molecule has 0 atom stereocenters. The summed E-state index contributed by atoms with van der Waals surface area (Å²) in [7, 11) is 0. The van der Waals surface area contributed by atoms with Crippen molar-refractivity contribution in [3.63, 3.8) is 0 Å². The Labute approximate surface area is 96.5 Å². The van der Waals surface area contributed by atoms with Crippen LogP contribution in [0.2, 0.25) is 0 Å². The largest absolute Gasteiger partial charge is 0.454 e. The molecule has 0 amide bonds. The maximum atomic E-state index is 5.93. The van der Waals surface area contributed by atoms with Crippen LogP contribution in [0.15, 0.2) is 18.2 Å². The van der Waals surface area contributed by atoms with E-state index < -0.39 is 0 Å². The van der Waals surface area contributed by atoms with Crippen LogP contribution < -0.4 is 15.2 Å². The molecule has 1 aromatic rings. The van der Waals surface area contributed by atoms with E-state index in [0.29, 0.717) is 13.3 Å². The summed E-state index contributed by atoms with van der Waals surface area (Å²) >= 11 is 0. The predicted octanol–water partition coefficient (Wildman–Crippen LogP) is 2.43. The van der Waals surface area contributed by atoms with Crippen LogP contribution in [0.3, 0.4) is 0 Å². The molecule has 3 nitrogen and oxygen atoms in total. The Balaban J connectivity index is 2.39. The van der Waals surface area contributed by atoms with E-state index >= 15 is 0 Å². The van der Waals surface area contributed by atoms with Crippen LogP contribution in [0.25, 0.3) is 0 Å². The number of hydrogen-bond acceptors (Lipinski definition) is 3. The molecule has 0 aromatic heterocycles. The van der Waals surface area contributed by atoms with E-state index in [0.717, 1.165) is 24.3 Å². The highest BCUT2D eigenvalue weighted by Crippen LogP contribution is 2.38. The molecule has 16 heavy (non-hydrogen) atoms. The third-order valence-electron chi connectivity index (χ3n) is 3.73. The van der Waals surface area contributed by atoms with Crippen molar-refractivity contribution < 1.29 is 9.47 Å². The first-order valence-electron chi connectivity index (χ1n) is 5.86. The van der Waals surface area contributed by atoms with Crippen LogP contribution in [-0.2, 0) is 5.41 Å². The van der Waals surface area contributed by atoms with Gasteiger partial charge in [-0.15, -0.1) is 0 Å². The summed E-state index contributed by atoms with van der Waals surface area (Å²) in [6.45, 7) is 5.36. The Kier molecular flexibility index (Phi) is 3.06. The van der Waals surface area contributed by atoms with Gasteiger partial charge in [0.05, 0.1) is 0 Å². The van der Waals surface area contributed by atoms with Crippen molar-refractivity contribution in [2.45, 2.75) is 32.1 Å². The number of hydrogen-bond donors (Lipinski definition) is 1. The first-order chi connectivity index (χ1) is 7.75. The Morgan fingerprint density at radius 3 is 2.50 bits per heavy atom. The molecule has 0 saturated heterocycles. The second-order valence-corrected chi connectivity index (χ2v) is 4.26. The molecule has 1 aliphatic heterocycles. The molecule has 88 valence electrons. The zero-order valence-electron chi connectivity index (χ0n) is 9.95. The Bertz CT molecular complexity index is 364. The molecule has 2 rings (SSSR count). The second-order valence-electron chi connectivity index (χ2n) is 4.26. The Morgan fingerprint density at radius 1 is 1.19 bits per heavy atom. The zero-order valence-corrected chi connectivity index (χ0v) is 9.95. The third kappa shape index (κ3) is 1.65. The molecule has 3 heteroatoms. The summed E-state index contributed by atoms with van der Waals surface area (Å²) < 4.78 is 10.7. The normalized spacial score (nSPS) is 14.2. The highest BCUT2D eigenvalue weighted by Gasteiger charge is 2.28. The molecule has 0 saturated carbocycles. The SMILES string of the molecule is CCC(CC)(CN)c1ccc2c(c1)OCO2. The maximum absolute atomic E-state index is 5.93. The van der Waals surface area contributed by atoms with E-state index in [9.17, 15) is 0 Å². The average Bonchev–Trinajstić information content (AvgIpc) is 2.79. The number of nitrogens with two attached hydrogens (primary N) is 1. The van der Waals surface area contributed by atoms with E-state index in [2.05, 4.69) is 26.0 Å². The van der Waals surface area contributed by atoms with Crippen molar-refractivity contribution in [3.05, 3.63) is 23.8 Å². The van der Waals surface area contributed by atoms with E-state index in [1.807, 2.05) is 6.07 Å². The summed E-state index contributed by atoms with van der Waals surface area (Å²) in [4.78, 5) is 0. The molecule has 0 unspecified atom stereocenters. The number of rotatable bonds is 4. The number of fused-ring (bicyclic) bond motifs is 1. The van der Waals surface area contributed by atoms with E-state index in [1.54, 1.807) is 0 Å².